The molecule has 0 fully saturated rings. The Morgan fingerprint density at radius 1 is 1.26 bits per heavy atom. The smallest absolute Gasteiger partial charge is 0.332 e. The Morgan fingerprint density at radius 3 is 2.00 bits per heavy atom. The van der Waals surface area contributed by atoms with Crippen molar-refractivity contribution in [1.29, 1.82) is 0 Å². The van der Waals surface area contributed by atoms with Crippen LogP contribution in [0.25, 0.3) is 0 Å². The lowest BCUT2D eigenvalue weighted by Crippen LogP contribution is -2.50. The molecule has 106 valence electrons. The summed E-state index contributed by atoms with van der Waals surface area (Å²) in [6.45, 7) is 8.38. The van der Waals surface area contributed by atoms with Crippen LogP contribution in [0.4, 0.5) is 5.82 Å². The molecule has 0 saturated heterocycles. The van der Waals surface area contributed by atoms with Crippen molar-refractivity contribution in [2.45, 2.75) is 40.2 Å². The van der Waals surface area contributed by atoms with Gasteiger partial charge in [0.1, 0.15) is 11.4 Å². The molecular formula is C12H20N4O3. The van der Waals surface area contributed by atoms with Crippen LogP contribution >= 0.6 is 0 Å². The van der Waals surface area contributed by atoms with Crippen molar-refractivity contribution in [2.24, 2.45) is 11.1 Å². The molecule has 0 radical (unpaired) electrons. The van der Waals surface area contributed by atoms with Crippen LogP contribution in [0.2, 0.25) is 0 Å². The molecule has 5 N–H and O–H groups in total. The Labute approximate surface area is 111 Å². The predicted molar refractivity (Wildman–Crippen MR) is 70.6 cm³/mol. The number of carboxylic acids is 1. The Morgan fingerprint density at radius 2 is 1.74 bits per heavy atom. The second-order valence-electron chi connectivity index (χ2n) is 5.75. The van der Waals surface area contributed by atoms with E-state index in [1.54, 1.807) is 27.7 Å². The average molecular weight is 268 g/mol. The molecule has 1 heterocycles. The number of aliphatic carboxylic acids is 1. The van der Waals surface area contributed by atoms with E-state index in [0.29, 0.717) is 5.69 Å². The van der Waals surface area contributed by atoms with E-state index in [4.69, 9.17) is 11.5 Å². The summed E-state index contributed by atoms with van der Waals surface area (Å²) in [5.41, 5.74) is 9.43. The summed E-state index contributed by atoms with van der Waals surface area (Å²) in [6, 6.07) is 0. The Kier molecular flexibility index (Phi) is 3.36. The molecule has 0 aliphatic carbocycles. The van der Waals surface area contributed by atoms with Gasteiger partial charge in [-0.25, -0.2) is 9.48 Å². The third-order valence-electron chi connectivity index (χ3n) is 3.64. The quantitative estimate of drug-likeness (QED) is 0.745. The monoisotopic (exact) mass is 268 g/mol. The number of nitrogens with two attached hydrogens (primary N) is 2. The number of aryl methyl sites for hydroxylation is 1. The van der Waals surface area contributed by atoms with E-state index in [-0.39, 0.29) is 11.4 Å². The van der Waals surface area contributed by atoms with Crippen LogP contribution in [0.1, 0.15) is 43.7 Å². The van der Waals surface area contributed by atoms with Crippen LogP contribution in [0, 0.1) is 12.3 Å². The molecule has 0 spiro atoms. The molecule has 1 atom stereocenters. The normalized spacial score (nSPS) is 15.0. The van der Waals surface area contributed by atoms with Crippen molar-refractivity contribution < 1.29 is 14.7 Å². The van der Waals surface area contributed by atoms with Gasteiger partial charge in [-0.15, -0.1) is 0 Å². The first-order chi connectivity index (χ1) is 8.44. The topological polar surface area (TPSA) is 124 Å². The predicted octanol–water partition coefficient (Wildman–Crippen LogP) is 0.719. The SMILES string of the molecule is Cc1nn(C(C)(C(=O)O)C(C)(C)C)c(N)c1C(N)=O. The molecule has 0 aromatic carbocycles. The number of carboxylic acid groups (broad SMARTS) is 1. The van der Waals surface area contributed by atoms with Gasteiger partial charge in [-0.05, 0) is 19.3 Å². The summed E-state index contributed by atoms with van der Waals surface area (Å²) in [5, 5.41) is 13.7. The first kappa shape index (κ1) is 15.0. The summed E-state index contributed by atoms with van der Waals surface area (Å²) in [5.74, 6) is -1.82. The zero-order chi connectivity index (χ0) is 15.2. The first-order valence-electron chi connectivity index (χ1n) is 5.83. The molecule has 0 saturated carbocycles. The van der Waals surface area contributed by atoms with Crippen molar-refractivity contribution in [3.8, 4) is 0 Å². The van der Waals surface area contributed by atoms with Crippen molar-refractivity contribution >= 4 is 17.7 Å². The summed E-state index contributed by atoms with van der Waals surface area (Å²) < 4.78 is 1.17. The Hall–Kier alpha value is -2.05. The van der Waals surface area contributed by atoms with Gasteiger partial charge >= 0.3 is 5.97 Å². The number of nitrogens with zero attached hydrogens (tertiary/aromatic N) is 2. The maximum absolute atomic E-state index is 11.7. The summed E-state index contributed by atoms with van der Waals surface area (Å²) in [6.07, 6.45) is 0. The molecule has 0 aliphatic heterocycles. The van der Waals surface area contributed by atoms with Gasteiger partial charge in [-0.1, -0.05) is 20.8 Å². The molecule has 7 heteroatoms. The minimum Gasteiger partial charge on any atom is -0.479 e. The van der Waals surface area contributed by atoms with E-state index in [2.05, 4.69) is 5.10 Å². The molecule has 7 nitrogen and oxygen atoms in total. The second kappa shape index (κ2) is 4.25. The molecule has 1 unspecified atom stereocenters. The first-order valence-corrected chi connectivity index (χ1v) is 5.83. The number of carbonyl (C=O) groups excluding carboxylic acids is 1. The van der Waals surface area contributed by atoms with E-state index >= 15 is 0 Å². The number of primary amides is 1. The number of hydrogen-bond acceptors (Lipinski definition) is 4. The summed E-state index contributed by atoms with van der Waals surface area (Å²) >= 11 is 0. The third kappa shape index (κ3) is 2.05. The standard InChI is InChI=1S/C12H20N4O3/c1-6-7(9(14)17)8(13)16(15-6)12(5,10(18)19)11(2,3)4/h13H2,1-5H3,(H2,14,17)(H,18,19). The molecule has 0 aliphatic rings. The largest absolute Gasteiger partial charge is 0.479 e. The van der Waals surface area contributed by atoms with Gasteiger partial charge in [-0.2, -0.15) is 5.10 Å². The fourth-order valence-corrected chi connectivity index (χ4v) is 1.92. The van der Waals surface area contributed by atoms with Crippen LogP contribution in [-0.4, -0.2) is 26.8 Å². The molecule has 1 aromatic rings. The minimum atomic E-state index is -1.39. The lowest BCUT2D eigenvalue weighted by atomic mass is 9.75. The minimum absolute atomic E-state index is 0.0233. The molecule has 1 amide bonds. The summed E-state index contributed by atoms with van der Waals surface area (Å²) in [7, 11) is 0. The van der Waals surface area contributed by atoms with E-state index in [9.17, 15) is 14.7 Å². The van der Waals surface area contributed by atoms with Crippen molar-refractivity contribution in [3.63, 3.8) is 0 Å². The molecule has 19 heavy (non-hydrogen) atoms. The zero-order valence-corrected chi connectivity index (χ0v) is 11.8. The maximum Gasteiger partial charge on any atom is 0.332 e. The lowest BCUT2D eigenvalue weighted by Gasteiger charge is -2.38. The van der Waals surface area contributed by atoms with E-state index in [0.717, 1.165) is 0 Å². The zero-order valence-electron chi connectivity index (χ0n) is 11.8. The Balaban J connectivity index is 3.65. The van der Waals surface area contributed by atoms with Crippen LogP contribution in [0.15, 0.2) is 0 Å². The second-order valence-corrected chi connectivity index (χ2v) is 5.75. The molecule has 0 bridgehead atoms. The third-order valence-corrected chi connectivity index (χ3v) is 3.64. The fourth-order valence-electron chi connectivity index (χ4n) is 1.92. The highest BCUT2D eigenvalue weighted by Crippen LogP contribution is 2.39. The summed E-state index contributed by atoms with van der Waals surface area (Å²) in [4.78, 5) is 23.0. The molecular weight excluding hydrogens is 248 g/mol. The number of anilines is 1. The van der Waals surface area contributed by atoms with Crippen molar-refractivity contribution in [2.75, 3.05) is 5.73 Å². The highest BCUT2D eigenvalue weighted by molar-refractivity contribution is 5.98. The number of amides is 1. The van der Waals surface area contributed by atoms with Crippen LogP contribution < -0.4 is 11.5 Å². The van der Waals surface area contributed by atoms with Crippen molar-refractivity contribution in [3.05, 3.63) is 11.3 Å². The number of rotatable bonds is 3. The van der Waals surface area contributed by atoms with Gasteiger partial charge in [0.25, 0.3) is 5.91 Å². The van der Waals surface area contributed by atoms with Crippen LogP contribution in [-0.2, 0) is 10.3 Å². The van der Waals surface area contributed by atoms with Gasteiger partial charge in [0.05, 0.1) is 5.69 Å². The van der Waals surface area contributed by atoms with E-state index in [1.807, 2.05) is 0 Å². The van der Waals surface area contributed by atoms with Gasteiger partial charge in [0.2, 0.25) is 0 Å². The van der Waals surface area contributed by atoms with Crippen LogP contribution in [0.5, 0.6) is 0 Å². The van der Waals surface area contributed by atoms with Gasteiger partial charge < -0.3 is 16.6 Å². The molecule has 1 aromatic heterocycles. The lowest BCUT2D eigenvalue weighted by molar-refractivity contribution is -0.153. The van der Waals surface area contributed by atoms with Gasteiger partial charge in [0, 0.05) is 0 Å². The fraction of sp³-hybridized carbons (Fsp3) is 0.583. The van der Waals surface area contributed by atoms with Crippen molar-refractivity contribution in [1.82, 2.24) is 9.78 Å². The van der Waals surface area contributed by atoms with Gasteiger partial charge in [0.15, 0.2) is 5.54 Å². The van der Waals surface area contributed by atoms with Crippen LogP contribution in [0.3, 0.4) is 0 Å². The highest BCUT2D eigenvalue weighted by atomic mass is 16.4. The number of aromatic nitrogens is 2. The number of hydrogen-bond donors (Lipinski definition) is 3. The van der Waals surface area contributed by atoms with E-state index < -0.39 is 22.8 Å². The Bertz CT molecular complexity index is 542. The highest BCUT2D eigenvalue weighted by Gasteiger charge is 2.49. The van der Waals surface area contributed by atoms with E-state index in [1.165, 1.54) is 11.6 Å². The van der Waals surface area contributed by atoms with Gasteiger partial charge in [-0.3, -0.25) is 4.79 Å². The number of nitrogen functional groups attached to an aromatic ring is 1. The maximum atomic E-state index is 11.7. The number of carbonyl (C=O) groups is 2. The average Bonchev–Trinajstić information content (AvgIpc) is 2.51. The molecule has 1 rings (SSSR count).